The van der Waals surface area contributed by atoms with Crippen LogP contribution in [0.3, 0.4) is 0 Å². The molecule has 3 aromatic heterocycles. The fraction of sp³-hybridized carbons (Fsp3) is 0. The SMILES string of the molecule is NNc1nc(Nc2ccc3sccc3c2)c2cn[nH]c2n1. The maximum Gasteiger partial charge on any atom is 0.241 e. The van der Waals surface area contributed by atoms with E-state index < -0.39 is 0 Å². The van der Waals surface area contributed by atoms with Gasteiger partial charge in [0.1, 0.15) is 5.82 Å². The Balaban J connectivity index is 1.80. The number of aromatic nitrogens is 4. The molecule has 1 aromatic carbocycles. The molecule has 3 heterocycles. The van der Waals surface area contributed by atoms with Gasteiger partial charge in [0.2, 0.25) is 5.95 Å². The summed E-state index contributed by atoms with van der Waals surface area (Å²) in [4.78, 5) is 8.53. The van der Waals surface area contributed by atoms with Crippen molar-refractivity contribution < 1.29 is 0 Å². The summed E-state index contributed by atoms with van der Waals surface area (Å²) in [6, 6.07) is 8.27. The van der Waals surface area contributed by atoms with Gasteiger partial charge < -0.3 is 5.32 Å². The first-order chi connectivity index (χ1) is 10.3. The summed E-state index contributed by atoms with van der Waals surface area (Å²) in [5, 5.41) is 14.2. The highest BCUT2D eigenvalue weighted by Crippen LogP contribution is 2.28. The fourth-order valence-corrected chi connectivity index (χ4v) is 2.95. The molecule has 0 aliphatic carbocycles. The molecule has 0 bridgehead atoms. The average Bonchev–Trinajstić information content (AvgIpc) is 3.14. The van der Waals surface area contributed by atoms with E-state index in [9.17, 15) is 0 Å². The van der Waals surface area contributed by atoms with E-state index in [0.29, 0.717) is 17.4 Å². The molecule has 0 aliphatic rings. The van der Waals surface area contributed by atoms with Gasteiger partial charge in [0.25, 0.3) is 0 Å². The molecule has 104 valence electrons. The quantitative estimate of drug-likeness (QED) is 0.342. The molecule has 0 saturated carbocycles. The molecule has 0 atom stereocenters. The molecule has 0 fully saturated rings. The smallest absolute Gasteiger partial charge is 0.241 e. The molecular weight excluding hydrogens is 286 g/mol. The minimum atomic E-state index is 0.325. The second-order valence-corrected chi connectivity index (χ2v) is 5.42. The molecule has 0 radical (unpaired) electrons. The van der Waals surface area contributed by atoms with Gasteiger partial charge in [0.15, 0.2) is 5.65 Å². The van der Waals surface area contributed by atoms with Crippen LogP contribution in [0.2, 0.25) is 0 Å². The first-order valence-electron chi connectivity index (χ1n) is 6.25. The van der Waals surface area contributed by atoms with Crippen molar-refractivity contribution in [3.8, 4) is 0 Å². The zero-order valence-corrected chi connectivity index (χ0v) is 11.6. The number of thiophene rings is 1. The van der Waals surface area contributed by atoms with Crippen molar-refractivity contribution in [2.45, 2.75) is 0 Å². The van der Waals surface area contributed by atoms with Gasteiger partial charge in [-0.2, -0.15) is 15.1 Å². The lowest BCUT2D eigenvalue weighted by atomic mass is 10.2. The Morgan fingerprint density at radius 1 is 1.19 bits per heavy atom. The maximum atomic E-state index is 5.40. The number of nitrogens with zero attached hydrogens (tertiary/aromatic N) is 3. The first kappa shape index (κ1) is 12.1. The number of nitrogens with one attached hydrogen (secondary N) is 3. The number of benzene rings is 1. The molecule has 0 unspecified atom stereocenters. The first-order valence-corrected chi connectivity index (χ1v) is 7.13. The Bertz CT molecular complexity index is 926. The molecular formula is C13H11N7S. The zero-order chi connectivity index (χ0) is 14.2. The second-order valence-electron chi connectivity index (χ2n) is 4.47. The van der Waals surface area contributed by atoms with Crippen LogP contribution in [0.25, 0.3) is 21.1 Å². The highest BCUT2D eigenvalue weighted by molar-refractivity contribution is 7.17. The summed E-state index contributed by atoms with van der Waals surface area (Å²) in [5.41, 5.74) is 4.02. The third-order valence-corrected chi connectivity index (χ3v) is 4.05. The van der Waals surface area contributed by atoms with Gasteiger partial charge in [-0.3, -0.25) is 10.5 Å². The van der Waals surface area contributed by atoms with Crippen molar-refractivity contribution in [3.05, 3.63) is 35.8 Å². The van der Waals surface area contributed by atoms with E-state index in [1.54, 1.807) is 17.5 Å². The van der Waals surface area contributed by atoms with Gasteiger partial charge in [-0.15, -0.1) is 11.3 Å². The molecule has 8 heteroatoms. The fourth-order valence-electron chi connectivity index (χ4n) is 2.18. The van der Waals surface area contributed by atoms with Crippen molar-refractivity contribution in [3.63, 3.8) is 0 Å². The molecule has 21 heavy (non-hydrogen) atoms. The number of hydrogen-bond acceptors (Lipinski definition) is 7. The van der Waals surface area contributed by atoms with Crippen LogP contribution in [0, 0.1) is 0 Å². The van der Waals surface area contributed by atoms with E-state index in [-0.39, 0.29) is 0 Å². The Labute approximate surface area is 123 Å². The summed E-state index contributed by atoms with van der Waals surface area (Å²) >= 11 is 1.72. The maximum absolute atomic E-state index is 5.40. The Hall–Kier alpha value is -2.71. The van der Waals surface area contributed by atoms with Gasteiger partial charge in [-0.1, -0.05) is 0 Å². The molecule has 4 rings (SSSR count). The van der Waals surface area contributed by atoms with Crippen LogP contribution in [0.1, 0.15) is 0 Å². The zero-order valence-electron chi connectivity index (χ0n) is 10.8. The molecule has 4 aromatic rings. The standard InChI is InChI=1S/C13H11N7S/c14-19-13-17-11(9-6-15-20-12(9)18-13)16-8-1-2-10-7(5-8)3-4-21-10/h1-6H,14H2,(H3,15,16,17,18,19,20). The Morgan fingerprint density at radius 2 is 2.14 bits per heavy atom. The summed E-state index contributed by atoms with van der Waals surface area (Å²) in [6.45, 7) is 0. The van der Waals surface area contributed by atoms with Crippen molar-refractivity contribution in [1.29, 1.82) is 0 Å². The lowest BCUT2D eigenvalue weighted by Crippen LogP contribution is -2.11. The molecule has 0 amide bonds. The van der Waals surface area contributed by atoms with Gasteiger partial charge in [0, 0.05) is 10.4 Å². The topological polar surface area (TPSA) is 105 Å². The van der Waals surface area contributed by atoms with Crippen LogP contribution in [-0.4, -0.2) is 20.2 Å². The molecule has 7 nitrogen and oxygen atoms in total. The third kappa shape index (κ3) is 2.06. The van der Waals surface area contributed by atoms with Crippen LogP contribution in [-0.2, 0) is 0 Å². The Morgan fingerprint density at radius 3 is 3.05 bits per heavy atom. The molecule has 0 aliphatic heterocycles. The number of hydrazine groups is 1. The van der Waals surface area contributed by atoms with Crippen LogP contribution in [0.15, 0.2) is 35.8 Å². The van der Waals surface area contributed by atoms with E-state index >= 15 is 0 Å². The van der Waals surface area contributed by atoms with Crippen molar-refractivity contribution in [1.82, 2.24) is 20.2 Å². The predicted octanol–water partition coefficient (Wildman–Crippen LogP) is 2.60. The number of hydrogen-bond donors (Lipinski definition) is 4. The van der Waals surface area contributed by atoms with E-state index in [1.807, 2.05) is 6.07 Å². The molecule has 0 saturated heterocycles. The Kier molecular flexibility index (Phi) is 2.69. The second kappa shape index (κ2) is 4.69. The van der Waals surface area contributed by atoms with Crippen LogP contribution >= 0.6 is 11.3 Å². The van der Waals surface area contributed by atoms with Crippen LogP contribution in [0.5, 0.6) is 0 Å². The largest absolute Gasteiger partial charge is 0.339 e. The summed E-state index contributed by atoms with van der Waals surface area (Å²) < 4.78 is 1.25. The molecule has 5 N–H and O–H groups in total. The minimum Gasteiger partial charge on any atom is -0.339 e. The monoisotopic (exact) mass is 297 g/mol. The summed E-state index contributed by atoms with van der Waals surface area (Å²) in [6.07, 6.45) is 1.68. The number of H-pyrrole nitrogens is 1. The lowest BCUT2D eigenvalue weighted by molar-refractivity contribution is 1.08. The summed E-state index contributed by atoms with van der Waals surface area (Å²) in [5.74, 6) is 6.37. The van der Waals surface area contributed by atoms with Crippen LogP contribution < -0.4 is 16.6 Å². The average molecular weight is 297 g/mol. The normalized spacial score (nSPS) is 11.1. The number of rotatable bonds is 3. The number of fused-ring (bicyclic) bond motifs is 2. The van der Waals surface area contributed by atoms with Gasteiger partial charge in [-0.05, 0) is 35.0 Å². The number of aromatic amines is 1. The van der Waals surface area contributed by atoms with E-state index in [2.05, 4.69) is 54.5 Å². The summed E-state index contributed by atoms with van der Waals surface area (Å²) in [7, 11) is 0. The number of nitrogen functional groups attached to an aromatic ring is 1. The van der Waals surface area contributed by atoms with Gasteiger partial charge in [0.05, 0.1) is 11.6 Å². The van der Waals surface area contributed by atoms with Crippen LogP contribution in [0.4, 0.5) is 17.5 Å². The van der Waals surface area contributed by atoms with Gasteiger partial charge in [-0.25, -0.2) is 5.84 Å². The van der Waals surface area contributed by atoms with E-state index in [4.69, 9.17) is 5.84 Å². The predicted molar refractivity (Wildman–Crippen MR) is 84.6 cm³/mol. The highest BCUT2D eigenvalue weighted by Gasteiger charge is 2.09. The minimum absolute atomic E-state index is 0.325. The van der Waals surface area contributed by atoms with E-state index in [1.165, 1.54) is 10.1 Å². The number of nitrogens with two attached hydrogens (primary N) is 1. The number of anilines is 3. The van der Waals surface area contributed by atoms with E-state index in [0.717, 1.165) is 11.1 Å². The third-order valence-electron chi connectivity index (χ3n) is 3.15. The van der Waals surface area contributed by atoms with Crippen molar-refractivity contribution >= 4 is 49.9 Å². The lowest BCUT2D eigenvalue weighted by Gasteiger charge is -2.08. The van der Waals surface area contributed by atoms with Crippen molar-refractivity contribution in [2.24, 2.45) is 5.84 Å². The van der Waals surface area contributed by atoms with Crippen molar-refractivity contribution in [2.75, 3.05) is 10.7 Å². The molecule has 0 spiro atoms. The highest BCUT2D eigenvalue weighted by atomic mass is 32.1. The van der Waals surface area contributed by atoms with Gasteiger partial charge >= 0.3 is 0 Å².